The van der Waals surface area contributed by atoms with Gasteiger partial charge < -0.3 is 10.3 Å². The van der Waals surface area contributed by atoms with Crippen LogP contribution in [0.4, 0.5) is 0 Å². The zero-order valence-electron chi connectivity index (χ0n) is 11.2. The van der Waals surface area contributed by atoms with Gasteiger partial charge in [-0.1, -0.05) is 0 Å². The van der Waals surface area contributed by atoms with Crippen molar-refractivity contribution < 1.29 is 0 Å². The van der Waals surface area contributed by atoms with E-state index in [9.17, 15) is 0 Å². The highest BCUT2D eigenvalue weighted by Gasteiger charge is 2.49. The highest BCUT2D eigenvalue weighted by atomic mass is 15.0. The van der Waals surface area contributed by atoms with E-state index in [-0.39, 0.29) is 0 Å². The Bertz CT molecular complexity index is 409. The molecule has 4 bridgehead atoms. The van der Waals surface area contributed by atoms with E-state index < -0.39 is 0 Å². The third-order valence-corrected chi connectivity index (χ3v) is 5.58. The average molecular weight is 245 g/mol. The topological polar surface area (TPSA) is 40.7 Å². The van der Waals surface area contributed by atoms with Crippen molar-refractivity contribution in [2.24, 2.45) is 23.7 Å². The van der Waals surface area contributed by atoms with Gasteiger partial charge in [0, 0.05) is 17.8 Å². The summed E-state index contributed by atoms with van der Waals surface area (Å²) >= 11 is 0. The molecule has 1 aromatic rings. The van der Waals surface area contributed by atoms with Gasteiger partial charge in [-0.05, 0) is 62.8 Å². The Balaban J connectivity index is 1.60. The second kappa shape index (κ2) is 4.09. The molecule has 4 saturated carbocycles. The van der Waals surface area contributed by atoms with Crippen molar-refractivity contribution >= 4 is 0 Å². The van der Waals surface area contributed by atoms with Crippen LogP contribution in [0.3, 0.4) is 0 Å². The molecule has 3 nitrogen and oxygen atoms in total. The van der Waals surface area contributed by atoms with E-state index >= 15 is 0 Å². The van der Waals surface area contributed by atoms with Crippen LogP contribution in [0.5, 0.6) is 0 Å². The second-order valence-electron chi connectivity index (χ2n) is 6.77. The fourth-order valence-corrected chi connectivity index (χ4v) is 5.24. The minimum Gasteiger partial charge on any atom is -0.345 e. The SMILES string of the molecule is CNCc1ncc(C2C3CC4CC(C3)CC2C4)[nH]1. The van der Waals surface area contributed by atoms with E-state index in [0.717, 1.165) is 42.0 Å². The predicted octanol–water partition coefficient (Wildman–Crippen LogP) is 2.67. The van der Waals surface area contributed by atoms with Crippen LogP contribution >= 0.6 is 0 Å². The molecule has 1 aromatic heterocycles. The van der Waals surface area contributed by atoms with Gasteiger partial charge in [-0.15, -0.1) is 0 Å². The van der Waals surface area contributed by atoms with Gasteiger partial charge in [0.2, 0.25) is 0 Å². The molecule has 0 spiro atoms. The first-order valence-electron chi connectivity index (χ1n) is 7.52. The van der Waals surface area contributed by atoms with Crippen LogP contribution in [0.25, 0.3) is 0 Å². The van der Waals surface area contributed by atoms with Crippen LogP contribution < -0.4 is 5.32 Å². The van der Waals surface area contributed by atoms with Gasteiger partial charge in [0.05, 0.1) is 6.54 Å². The Hall–Kier alpha value is -0.830. The summed E-state index contributed by atoms with van der Waals surface area (Å²) in [7, 11) is 1.98. The first-order chi connectivity index (χ1) is 8.83. The highest BCUT2D eigenvalue weighted by molar-refractivity contribution is 5.16. The van der Waals surface area contributed by atoms with E-state index in [0.29, 0.717) is 0 Å². The highest BCUT2D eigenvalue weighted by Crippen LogP contribution is 2.59. The van der Waals surface area contributed by atoms with Gasteiger partial charge in [-0.2, -0.15) is 0 Å². The molecule has 5 rings (SSSR count). The molecule has 0 atom stereocenters. The lowest BCUT2D eigenvalue weighted by Gasteiger charge is -2.54. The van der Waals surface area contributed by atoms with Gasteiger partial charge >= 0.3 is 0 Å². The summed E-state index contributed by atoms with van der Waals surface area (Å²) in [5.41, 5.74) is 1.43. The number of nitrogens with one attached hydrogen (secondary N) is 2. The van der Waals surface area contributed by atoms with Crippen LogP contribution in [0.15, 0.2) is 6.20 Å². The summed E-state index contributed by atoms with van der Waals surface area (Å²) in [5, 5.41) is 3.17. The van der Waals surface area contributed by atoms with Crippen LogP contribution in [0, 0.1) is 23.7 Å². The predicted molar refractivity (Wildman–Crippen MR) is 71.1 cm³/mol. The van der Waals surface area contributed by atoms with Crippen molar-refractivity contribution in [2.45, 2.75) is 44.6 Å². The number of hydrogen-bond acceptors (Lipinski definition) is 2. The lowest BCUT2D eigenvalue weighted by Crippen LogP contribution is -2.43. The molecule has 2 N–H and O–H groups in total. The normalized spacial score (nSPS) is 41.5. The molecule has 0 amide bonds. The first kappa shape index (κ1) is 11.0. The molecule has 18 heavy (non-hydrogen) atoms. The first-order valence-corrected chi connectivity index (χ1v) is 7.52. The third kappa shape index (κ3) is 1.63. The Kier molecular flexibility index (Phi) is 2.51. The lowest BCUT2D eigenvalue weighted by atomic mass is 9.51. The van der Waals surface area contributed by atoms with E-state index in [2.05, 4.69) is 21.5 Å². The van der Waals surface area contributed by atoms with Gasteiger partial charge in [0.1, 0.15) is 5.82 Å². The zero-order valence-corrected chi connectivity index (χ0v) is 11.2. The van der Waals surface area contributed by atoms with E-state index in [1.54, 1.807) is 0 Å². The molecule has 0 aliphatic heterocycles. The molecule has 0 unspecified atom stereocenters. The van der Waals surface area contributed by atoms with Crippen molar-refractivity contribution in [3.05, 3.63) is 17.7 Å². The van der Waals surface area contributed by atoms with Crippen molar-refractivity contribution in [1.82, 2.24) is 15.3 Å². The third-order valence-electron chi connectivity index (χ3n) is 5.58. The molecule has 1 heterocycles. The van der Waals surface area contributed by atoms with Crippen molar-refractivity contribution in [3.8, 4) is 0 Å². The molecular weight excluding hydrogens is 222 g/mol. The quantitative estimate of drug-likeness (QED) is 0.859. The largest absolute Gasteiger partial charge is 0.345 e. The molecule has 4 aliphatic rings. The average Bonchev–Trinajstić information content (AvgIpc) is 2.76. The number of hydrogen-bond donors (Lipinski definition) is 2. The van der Waals surface area contributed by atoms with E-state index in [4.69, 9.17) is 0 Å². The minimum absolute atomic E-state index is 0.788. The zero-order chi connectivity index (χ0) is 12.1. The smallest absolute Gasteiger partial charge is 0.120 e. The van der Waals surface area contributed by atoms with Crippen molar-refractivity contribution in [3.63, 3.8) is 0 Å². The van der Waals surface area contributed by atoms with E-state index in [1.165, 1.54) is 37.8 Å². The molecule has 0 saturated heterocycles. The lowest BCUT2D eigenvalue weighted by molar-refractivity contribution is -0.00405. The Labute approximate surface area is 109 Å². The summed E-state index contributed by atoms with van der Waals surface area (Å²) in [4.78, 5) is 8.09. The Morgan fingerprint density at radius 2 is 1.83 bits per heavy atom. The van der Waals surface area contributed by atoms with Crippen LogP contribution in [-0.2, 0) is 6.54 Å². The maximum absolute atomic E-state index is 4.52. The molecule has 3 heteroatoms. The number of imidazole rings is 1. The molecule has 0 aromatic carbocycles. The fourth-order valence-electron chi connectivity index (χ4n) is 5.24. The minimum atomic E-state index is 0.788. The van der Waals surface area contributed by atoms with Crippen molar-refractivity contribution in [1.29, 1.82) is 0 Å². The number of nitrogens with zero attached hydrogens (tertiary/aromatic N) is 1. The summed E-state index contributed by atoms with van der Waals surface area (Å²) < 4.78 is 0. The van der Waals surface area contributed by atoms with Gasteiger partial charge in [-0.25, -0.2) is 4.98 Å². The second-order valence-corrected chi connectivity index (χ2v) is 6.77. The van der Waals surface area contributed by atoms with Crippen LogP contribution in [-0.4, -0.2) is 17.0 Å². The van der Waals surface area contributed by atoms with Crippen LogP contribution in [0.1, 0.15) is 49.5 Å². The van der Waals surface area contributed by atoms with E-state index in [1.807, 2.05) is 7.05 Å². The molecule has 4 aliphatic carbocycles. The molecule has 98 valence electrons. The summed E-state index contributed by atoms with van der Waals surface area (Å²) in [6.07, 6.45) is 9.58. The van der Waals surface area contributed by atoms with Crippen molar-refractivity contribution in [2.75, 3.05) is 7.05 Å². The summed E-state index contributed by atoms with van der Waals surface area (Å²) in [6.45, 7) is 0.854. The molecule has 4 fully saturated rings. The standard InChI is InChI=1S/C15H23N3/c1-16-8-14-17-7-13(18-14)15-11-3-9-2-10(5-11)6-12(15)4-9/h7,9-12,15-16H,2-6,8H2,1H3,(H,17,18). The Morgan fingerprint density at radius 1 is 1.17 bits per heavy atom. The summed E-state index contributed by atoms with van der Waals surface area (Å²) in [5.74, 6) is 5.90. The molecule has 0 radical (unpaired) electrons. The number of H-pyrrole nitrogens is 1. The fraction of sp³-hybridized carbons (Fsp3) is 0.800. The monoisotopic (exact) mass is 245 g/mol. The van der Waals surface area contributed by atoms with Gasteiger partial charge in [-0.3, -0.25) is 0 Å². The maximum Gasteiger partial charge on any atom is 0.120 e. The number of aromatic amines is 1. The molecular formula is C15H23N3. The van der Waals surface area contributed by atoms with Gasteiger partial charge in [0.25, 0.3) is 0 Å². The van der Waals surface area contributed by atoms with Gasteiger partial charge in [0.15, 0.2) is 0 Å². The number of rotatable bonds is 3. The van der Waals surface area contributed by atoms with Crippen LogP contribution in [0.2, 0.25) is 0 Å². The maximum atomic E-state index is 4.52. The number of aromatic nitrogens is 2. The summed E-state index contributed by atoms with van der Waals surface area (Å²) in [6, 6.07) is 0. The Morgan fingerprint density at radius 3 is 2.44 bits per heavy atom.